The smallest absolute Gasteiger partial charge is 0.209 e. The van der Waals surface area contributed by atoms with Gasteiger partial charge in [0.15, 0.2) is 11.5 Å². The Hall–Kier alpha value is -1.27. The molecule has 0 bridgehead atoms. The molecule has 0 unspecified atom stereocenters. The lowest BCUT2D eigenvalue weighted by Gasteiger charge is -2.11. The van der Waals surface area contributed by atoms with Crippen molar-refractivity contribution in [1.82, 2.24) is 0 Å². The second kappa shape index (κ2) is 6.46. The van der Waals surface area contributed by atoms with E-state index in [4.69, 9.17) is 14.6 Å². The normalized spacial score (nSPS) is 11.2. The molecule has 0 spiro atoms. The number of primary sulfonamides is 1. The zero-order valence-corrected chi connectivity index (χ0v) is 10.6. The van der Waals surface area contributed by atoms with Crippen molar-refractivity contribution in [3.05, 3.63) is 24.3 Å². The number of para-hydroxylation sites is 2. The molecule has 6 heteroatoms. The van der Waals surface area contributed by atoms with Crippen LogP contribution in [-0.4, -0.2) is 27.4 Å². The van der Waals surface area contributed by atoms with Gasteiger partial charge in [-0.1, -0.05) is 12.1 Å². The highest BCUT2D eigenvalue weighted by molar-refractivity contribution is 7.89. The molecule has 17 heavy (non-hydrogen) atoms. The van der Waals surface area contributed by atoms with Crippen LogP contribution in [0.4, 0.5) is 0 Å². The first-order valence-electron chi connectivity index (χ1n) is 5.38. The van der Waals surface area contributed by atoms with Gasteiger partial charge in [-0.05, 0) is 25.5 Å². The van der Waals surface area contributed by atoms with Gasteiger partial charge in [-0.15, -0.1) is 0 Å². The van der Waals surface area contributed by atoms with Crippen LogP contribution in [0, 0.1) is 0 Å². The Balaban J connectivity index is 2.46. The van der Waals surface area contributed by atoms with Gasteiger partial charge in [-0.2, -0.15) is 0 Å². The Labute approximate surface area is 102 Å². The summed E-state index contributed by atoms with van der Waals surface area (Å²) in [5, 5.41) is 4.88. The fourth-order valence-electron chi connectivity index (χ4n) is 1.29. The lowest BCUT2D eigenvalue weighted by molar-refractivity contribution is 0.277. The minimum atomic E-state index is -3.41. The Morgan fingerprint density at radius 2 is 1.76 bits per heavy atom. The van der Waals surface area contributed by atoms with Gasteiger partial charge >= 0.3 is 0 Å². The average molecular weight is 259 g/mol. The van der Waals surface area contributed by atoms with Gasteiger partial charge in [0, 0.05) is 0 Å². The number of hydrogen-bond acceptors (Lipinski definition) is 4. The third-order valence-electron chi connectivity index (χ3n) is 1.98. The largest absolute Gasteiger partial charge is 0.490 e. The lowest BCUT2D eigenvalue weighted by Crippen LogP contribution is -2.18. The Bertz CT molecular complexity index is 445. The molecule has 1 aromatic carbocycles. The first kappa shape index (κ1) is 13.8. The average Bonchev–Trinajstić information content (AvgIpc) is 2.25. The van der Waals surface area contributed by atoms with E-state index in [1.54, 1.807) is 12.1 Å². The summed E-state index contributed by atoms with van der Waals surface area (Å²) in [7, 11) is -3.41. The summed E-state index contributed by atoms with van der Waals surface area (Å²) in [5.74, 6) is 1.19. The molecule has 0 radical (unpaired) electrons. The van der Waals surface area contributed by atoms with Crippen LogP contribution in [0.25, 0.3) is 0 Å². The van der Waals surface area contributed by atoms with E-state index < -0.39 is 10.0 Å². The molecule has 2 N–H and O–H groups in total. The molecule has 0 saturated heterocycles. The maximum Gasteiger partial charge on any atom is 0.209 e. The van der Waals surface area contributed by atoms with E-state index in [0.717, 1.165) is 0 Å². The van der Waals surface area contributed by atoms with Gasteiger partial charge in [0.1, 0.15) is 0 Å². The van der Waals surface area contributed by atoms with Crippen molar-refractivity contribution in [3.8, 4) is 11.5 Å². The quantitative estimate of drug-likeness (QED) is 0.745. The van der Waals surface area contributed by atoms with Crippen molar-refractivity contribution in [2.45, 2.75) is 13.3 Å². The highest BCUT2D eigenvalue weighted by atomic mass is 32.2. The number of ether oxygens (including phenoxy) is 2. The van der Waals surface area contributed by atoms with E-state index in [1.807, 2.05) is 19.1 Å². The molecule has 0 heterocycles. The second-order valence-electron chi connectivity index (χ2n) is 3.45. The summed E-state index contributed by atoms with van der Waals surface area (Å²) in [6, 6.07) is 7.26. The molecular weight excluding hydrogens is 242 g/mol. The van der Waals surface area contributed by atoms with Crippen LogP contribution < -0.4 is 14.6 Å². The van der Waals surface area contributed by atoms with Crippen LogP contribution in [0.3, 0.4) is 0 Å². The van der Waals surface area contributed by atoms with E-state index in [1.165, 1.54) is 0 Å². The third kappa shape index (κ3) is 5.55. The minimum absolute atomic E-state index is 0.0796. The monoisotopic (exact) mass is 259 g/mol. The second-order valence-corrected chi connectivity index (χ2v) is 5.18. The van der Waals surface area contributed by atoms with Crippen molar-refractivity contribution in [2.75, 3.05) is 19.0 Å². The number of benzene rings is 1. The molecule has 0 amide bonds. The maximum atomic E-state index is 10.7. The fraction of sp³-hybridized carbons (Fsp3) is 0.455. The summed E-state index contributed by atoms with van der Waals surface area (Å²) in [6.45, 7) is 2.73. The molecular formula is C11H17NO4S. The van der Waals surface area contributed by atoms with Crippen LogP contribution in [0.5, 0.6) is 11.5 Å². The standard InChI is InChI=1S/C11H17NO4S/c1-2-15-10-6-3-4-7-11(10)16-8-5-9-17(12,13)14/h3-4,6-7H,2,5,8-9H2,1H3,(H2,12,13,14). The number of rotatable bonds is 7. The van der Waals surface area contributed by atoms with Crippen molar-refractivity contribution >= 4 is 10.0 Å². The molecule has 0 aromatic heterocycles. The van der Waals surface area contributed by atoms with E-state index in [-0.39, 0.29) is 5.75 Å². The lowest BCUT2D eigenvalue weighted by atomic mass is 10.3. The predicted octanol–water partition coefficient (Wildman–Crippen LogP) is 1.14. The van der Waals surface area contributed by atoms with E-state index >= 15 is 0 Å². The molecule has 0 aliphatic carbocycles. The highest BCUT2D eigenvalue weighted by Gasteiger charge is 2.05. The summed E-state index contributed by atoms with van der Waals surface area (Å²) in [4.78, 5) is 0. The summed E-state index contributed by atoms with van der Waals surface area (Å²) in [6.07, 6.45) is 0.360. The summed E-state index contributed by atoms with van der Waals surface area (Å²) >= 11 is 0. The predicted molar refractivity (Wildman–Crippen MR) is 65.7 cm³/mol. The SMILES string of the molecule is CCOc1ccccc1OCCCS(N)(=O)=O. The van der Waals surface area contributed by atoms with Gasteiger partial charge < -0.3 is 9.47 Å². The Morgan fingerprint density at radius 1 is 1.18 bits per heavy atom. The van der Waals surface area contributed by atoms with Crippen LogP contribution >= 0.6 is 0 Å². The van der Waals surface area contributed by atoms with E-state index in [2.05, 4.69) is 0 Å². The Morgan fingerprint density at radius 3 is 2.29 bits per heavy atom. The topological polar surface area (TPSA) is 78.6 Å². The number of nitrogens with two attached hydrogens (primary N) is 1. The van der Waals surface area contributed by atoms with Gasteiger partial charge in [0.05, 0.1) is 19.0 Å². The molecule has 1 aromatic rings. The van der Waals surface area contributed by atoms with Gasteiger partial charge in [0.25, 0.3) is 0 Å². The molecule has 0 aliphatic rings. The zero-order chi connectivity index (χ0) is 12.7. The zero-order valence-electron chi connectivity index (χ0n) is 9.76. The maximum absolute atomic E-state index is 10.7. The molecule has 96 valence electrons. The van der Waals surface area contributed by atoms with E-state index in [0.29, 0.717) is 31.1 Å². The van der Waals surface area contributed by atoms with Crippen LogP contribution in [-0.2, 0) is 10.0 Å². The molecule has 0 aliphatic heterocycles. The van der Waals surface area contributed by atoms with Gasteiger partial charge in [-0.25, -0.2) is 13.6 Å². The van der Waals surface area contributed by atoms with Crippen molar-refractivity contribution in [3.63, 3.8) is 0 Å². The van der Waals surface area contributed by atoms with Crippen molar-refractivity contribution < 1.29 is 17.9 Å². The molecule has 5 nitrogen and oxygen atoms in total. The molecule has 1 rings (SSSR count). The first-order chi connectivity index (χ1) is 8.03. The highest BCUT2D eigenvalue weighted by Crippen LogP contribution is 2.26. The van der Waals surface area contributed by atoms with Gasteiger partial charge in [-0.3, -0.25) is 0 Å². The first-order valence-corrected chi connectivity index (χ1v) is 7.09. The Kier molecular flexibility index (Phi) is 5.24. The molecule has 0 fully saturated rings. The number of hydrogen-bond donors (Lipinski definition) is 1. The molecule has 0 atom stereocenters. The molecule has 0 saturated carbocycles. The number of sulfonamides is 1. The van der Waals surface area contributed by atoms with Crippen LogP contribution in [0.2, 0.25) is 0 Å². The van der Waals surface area contributed by atoms with Gasteiger partial charge in [0.2, 0.25) is 10.0 Å². The van der Waals surface area contributed by atoms with Crippen LogP contribution in [0.15, 0.2) is 24.3 Å². The minimum Gasteiger partial charge on any atom is -0.490 e. The van der Waals surface area contributed by atoms with Crippen LogP contribution in [0.1, 0.15) is 13.3 Å². The van der Waals surface area contributed by atoms with Crippen molar-refractivity contribution in [1.29, 1.82) is 0 Å². The fourth-order valence-corrected chi connectivity index (χ4v) is 1.81. The third-order valence-corrected chi connectivity index (χ3v) is 2.84. The van der Waals surface area contributed by atoms with Crippen molar-refractivity contribution in [2.24, 2.45) is 5.14 Å². The summed E-state index contributed by atoms with van der Waals surface area (Å²) in [5.41, 5.74) is 0. The summed E-state index contributed by atoms with van der Waals surface area (Å²) < 4.78 is 32.2. The van der Waals surface area contributed by atoms with E-state index in [9.17, 15) is 8.42 Å².